The summed E-state index contributed by atoms with van der Waals surface area (Å²) in [5.41, 5.74) is 4.77. The Labute approximate surface area is 210 Å². The molecule has 0 saturated heterocycles. The van der Waals surface area contributed by atoms with E-state index in [0.29, 0.717) is 23.6 Å². The molecule has 0 aliphatic heterocycles. The molecule has 1 N–H and O–H groups in total. The van der Waals surface area contributed by atoms with Crippen LogP contribution in [-0.4, -0.2) is 17.4 Å². The second kappa shape index (κ2) is 12.7. The fourth-order valence-corrected chi connectivity index (χ4v) is 4.39. The molecule has 4 rings (SSSR count). The number of hydrogen-bond donors (Lipinski definition) is 1. The van der Waals surface area contributed by atoms with E-state index in [1.165, 1.54) is 12.8 Å². The van der Waals surface area contributed by atoms with Gasteiger partial charge in [-0.05, 0) is 41.0 Å². The number of phenolic OH excluding ortho intramolecular Hbond substituents is 1. The Morgan fingerprint density at radius 3 is 1.97 bits per heavy atom. The molecule has 1 fully saturated rings. The maximum absolute atomic E-state index is 11.2. The molecule has 3 aromatic carbocycles. The monoisotopic (exact) mass is 543 g/mol. The Morgan fingerprint density at radius 2 is 1.38 bits per heavy atom. The van der Waals surface area contributed by atoms with E-state index >= 15 is 0 Å². The summed E-state index contributed by atoms with van der Waals surface area (Å²) in [6.07, 6.45) is 5.57. The predicted molar refractivity (Wildman–Crippen MR) is 134 cm³/mol. The van der Waals surface area contributed by atoms with Crippen LogP contribution < -0.4 is 0 Å². The first-order chi connectivity index (χ1) is 15.6. The maximum atomic E-state index is 11.2. The standard InChI is InChI=1S/C27H29NO.2ClH.Zr/c1-19-10-9-15-26(20(19)2)28-18-25-23(21-11-5-3-6-12-21)16-17-24(27(25)29)22-13-7-4-8-14-22;;;/h3-8,11-14,16-20,26,29H,9-10,15H2,1-2H3;2*1H;/q;;;+2/p-2. The fraction of sp³-hybridized carbons (Fsp3) is 0.296. The van der Waals surface area contributed by atoms with Crippen molar-refractivity contribution in [1.82, 2.24) is 0 Å². The van der Waals surface area contributed by atoms with Crippen molar-refractivity contribution in [3.05, 3.63) is 78.4 Å². The molecule has 1 saturated carbocycles. The Bertz CT molecular complexity index is 1010. The predicted octanol–water partition coefficient (Wildman–Crippen LogP) is 8.35. The van der Waals surface area contributed by atoms with Gasteiger partial charge < -0.3 is 5.11 Å². The zero-order chi connectivity index (χ0) is 22.9. The Balaban J connectivity index is 0.000000913. The van der Waals surface area contributed by atoms with Gasteiger partial charge in [0.15, 0.2) is 0 Å². The summed E-state index contributed by atoms with van der Waals surface area (Å²) in [6.45, 7) is 4.64. The molecular weight excluding hydrogens is 516 g/mol. The van der Waals surface area contributed by atoms with E-state index in [1.807, 2.05) is 60.8 Å². The normalized spacial score (nSPS) is 20.4. The van der Waals surface area contributed by atoms with E-state index in [-0.39, 0.29) is 0 Å². The average Bonchev–Trinajstić information content (AvgIpc) is 2.82. The Kier molecular flexibility index (Phi) is 10.0. The van der Waals surface area contributed by atoms with Crippen LogP contribution >= 0.6 is 17.0 Å². The van der Waals surface area contributed by atoms with Gasteiger partial charge in [-0.15, -0.1) is 0 Å². The van der Waals surface area contributed by atoms with Gasteiger partial charge in [-0.1, -0.05) is 93.4 Å². The minimum absolute atomic E-state index is 0.304. The molecule has 0 spiro atoms. The quantitative estimate of drug-likeness (QED) is 0.328. The van der Waals surface area contributed by atoms with E-state index in [4.69, 9.17) is 22.0 Å². The van der Waals surface area contributed by atoms with Gasteiger partial charge in [0.2, 0.25) is 0 Å². The van der Waals surface area contributed by atoms with Crippen molar-refractivity contribution in [3.63, 3.8) is 0 Å². The molecule has 5 heteroatoms. The fourth-order valence-electron chi connectivity index (χ4n) is 4.39. The third-order valence-corrected chi connectivity index (χ3v) is 6.45. The summed E-state index contributed by atoms with van der Waals surface area (Å²) in [6, 6.07) is 24.7. The molecule has 0 bridgehead atoms. The molecule has 3 unspecified atom stereocenters. The molecule has 3 atom stereocenters. The van der Waals surface area contributed by atoms with Crippen LogP contribution in [-0.2, 0) is 20.8 Å². The summed E-state index contributed by atoms with van der Waals surface area (Å²) in [7, 11) is 9.87. The van der Waals surface area contributed by atoms with Crippen LogP contribution in [0.25, 0.3) is 22.3 Å². The van der Waals surface area contributed by atoms with Crippen molar-refractivity contribution >= 4 is 23.2 Å². The summed E-state index contributed by atoms with van der Waals surface area (Å²) >= 11 is -0.826. The molecule has 1 aliphatic carbocycles. The van der Waals surface area contributed by atoms with Gasteiger partial charge in [0, 0.05) is 17.3 Å². The van der Waals surface area contributed by atoms with Gasteiger partial charge in [-0.2, -0.15) is 0 Å². The number of aromatic hydroxyl groups is 1. The van der Waals surface area contributed by atoms with E-state index in [0.717, 1.165) is 34.2 Å². The number of hydrogen-bond acceptors (Lipinski definition) is 2. The van der Waals surface area contributed by atoms with Gasteiger partial charge in [0.05, 0.1) is 6.04 Å². The number of benzene rings is 3. The van der Waals surface area contributed by atoms with Gasteiger partial charge in [-0.3, -0.25) is 4.99 Å². The molecule has 0 radical (unpaired) electrons. The summed E-state index contributed by atoms with van der Waals surface area (Å²) in [5, 5.41) is 11.2. The topological polar surface area (TPSA) is 32.6 Å². The number of aliphatic imine (C=N–C) groups is 1. The summed E-state index contributed by atoms with van der Waals surface area (Å²) < 4.78 is 0. The van der Waals surface area contributed by atoms with E-state index in [9.17, 15) is 5.11 Å². The molecule has 0 heterocycles. The first-order valence-electron chi connectivity index (χ1n) is 11.0. The molecule has 3 aromatic rings. The number of nitrogens with zero attached hydrogens (tertiary/aromatic N) is 1. The Hall–Kier alpha value is -1.41. The molecule has 0 aromatic heterocycles. The minimum atomic E-state index is -0.826. The third-order valence-electron chi connectivity index (χ3n) is 6.45. The molecule has 166 valence electrons. The molecule has 32 heavy (non-hydrogen) atoms. The number of phenols is 1. The van der Waals surface area contributed by atoms with Crippen LogP contribution in [0.2, 0.25) is 0 Å². The van der Waals surface area contributed by atoms with E-state index in [2.05, 4.69) is 32.0 Å². The van der Waals surface area contributed by atoms with Crippen molar-refractivity contribution in [3.8, 4) is 28.0 Å². The summed E-state index contributed by atoms with van der Waals surface area (Å²) in [4.78, 5) is 4.98. The van der Waals surface area contributed by atoms with Gasteiger partial charge >= 0.3 is 37.9 Å². The van der Waals surface area contributed by atoms with Gasteiger partial charge in [-0.25, -0.2) is 0 Å². The summed E-state index contributed by atoms with van der Waals surface area (Å²) in [5.74, 6) is 1.57. The van der Waals surface area contributed by atoms with Crippen molar-refractivity contribution in [1.29, 1.82) is 0 Å². The SMILES string of the molecule is CC1CCCC(N=Cc2c(-c3ccccc3)ccc(-c3ccccc3)c2O)C1C.[Cl][Zr][Cl]. The van der Waals surface area contributed by atoms with Crippen molar-refractivity contribution in [2.75, 3.05) is 0 Å². The van der Waals surface area contributed by atoms with Crippen molar-refractivity contribution in [2.24, 2.45) is 16.8 Å². The molecular formula is C27H29Cl2NOZr. The molecule has 1 aliphatic rings. The van der Waals surface area contributed by atoms with Gasteiger partial charge in [0.25, 0.3) is 0 Å². The van der Waals surface area contributed by atoms with E-state index in [1.54, 1.807) is 0 Å². The second-order valence-corrected chi connectivity index (χ2v) is 12.1. The van der Waals surface area contributed by atoms with Crippen LogP contribution in [0, 0.1) is 11.8 Å². The van der Waals surface area contributed by atoms with Crippen LogP contribution in [0.15, 0.2) is 77.8 Å². The van der Waals surface area contributed by atoms with Crippen molar-refractivity contribution < 1.29 is 26.0 Å². The number of rotatable bonds is 4. The zero-order valence-electron chi connectivity index (χ0n) is 18.5. The van der Waals surface area contributed by atoms with Crippen LogP contribution in [0.1, 0.15) is 38.7 Å². The Morgan fingerprint density at radius 1 is 0.844 bits per heavy atom. The third kappa shape index (κ3) is 6.34. The second-order valence-electron chi connectivity index (χ2n) is 8.34. The first kappa shape index (κ1) is 25.2. The van der Waals surface area contributed by atoms with Crippen LogP contribution in [0.3, 0.4) is 0 Å². The average molecular weight is 546 g/mol. The van der Waals surface area contributed by atoms with Crippen LogP contribution in [0.4, 0.5) is 0 Å². The van der Waals surface area contributed by atoms with Crippen LogP contribution in [0.5, 0.6) is 5.75 Å². The molecule has 2 nitrogen and oxygen atoms in total. The zero-order valence-corrected chi connectivity index (χ0v) is 22.5. The van der Waals surface area contributed by atoms with E-state index < -0.39 is 20.8 Å². The van der Waals surface area contributed by atoms with Crippen molar-refractivity contribution in [2.45, 2.75) is 39.2 Å². The molecule has 0 amide bonds. The van der Waals surface area contributed by atoms with Gasteiger partial charge in [0.1, 0.15) is 5.75 Å². The number of halogens is 2. The first-order valence-corrected chi connectivity index (χ1v) is 17.4.